The molecule has 4 N–H and O–H groups in total. The van der Waals surface area contributed by atoms with Crippen LogP contribution in [0.15, 0.2) is 0 Å². The van der Waals surface area contributed by atoms with E-state index in [-0.39, 0.29) is 18.7 Å². The summed E-state index contributed by atoms with van der Waals surface area (Å²) in [5, 5.41) is 11.2. The van der Waals surface area contributed by atoms with Crippen LogP contribution in [0.4, 0.5) is 0 Å². The van der Waals surface area contributed by atoms with Crippen LogP contribution in [0, 0.1) is 5.41 Å². The normalized spacial score (nSPS) is 12.9. The number of hydrogen-bond acceptors (Lipinski definition) is 3. The van der Waals surface area contributed by atoms with Gasteiger partial charge in [-0.05, 0) is 6.42 Å². The standard InChI is InChI=1S/C10H18N2O4/c1-10(2,3)9(16)12-6(8(14)15)4-5-7(11)13/h6H,4-5H2,1-3H3,(H2,11,13)(H,12,16)(H,14,15)/t6-/m0/s1. The number of carbonyl (C=O) groups is 3. The Bertz CT molecular complexity index is 294. The molecule has 92 valence electrons. The topological polar surface area (TPSA) is 109 Å². The first-order valence-electron chi connectivity index (χ1n) is 4.96. The Hall–Kier alpha value is -1.59. The van der Waals surface area contributed by atoms with Crippen molar-refractivity contribution in [2.75, 3.05) is 0 Å². The highest BCUT2D eigenvalue weighted by Crippen LogP contribution is 2.13. The average molecular weight is 230 g/mol. The molecule has 0 bridgehead atoms. The predicted molar refractivity (Wildman–Crippen MR) is 57.4 cm³/mol. The first-order chi connectivity index (χ1) is 7.14. The number of carboxylic acid groups (broad SMARTS) is 1. The van der Waals surface area contributed by atoms with Gasteiger partial charge in [0.25, 0.3) is 0 Å². The fourth-order valence-corrected chi connectivity index (χ4v) is 0.919. The fourth-order valence-electron chi connectivity index (χ4n) is 0.919. The fraction of sp³-hybridized carbons (Fsp3) is 0.700. The molecule has 6 heteroatoms. The van der Waals surface area contributed by atoms with Crippen molar-refractivity contribution in [1.82, 2.24) is 5.32 Å². The van der Waals surface area contributed by atoms with Crippen molar-refractivity contribution in [3.8, 4) is 0 Å². The third-order valence-corrected chi connectivity index (χ3v) is 1.96. The molecular weight excluding hydrogens is 212 g/mol. The Morgan fingerprint density at radius 2 is 1.81 bits per heavy atom. The van der Waals surface area contributed by atoms with Gasteiger partial charge in [-0.3, -0.25) is 9.59 Å². The minimum atomic E-state index is -1.17. The predicted octanol–water partition coefficient (Wildman–Crippen LogP) is -0.133. The van der Waals surface area contributed by atoms with Gasteiger partial charge >= 0.3 is 5.97 Å². The van der Waals surface area contributed by atoms with Crippen LogP contribution < -0.4 is 11.1 Å². The maximum atomic E-state index is 11.5. The Morgan fingerprint density at radius 3 is 2.12 bits per heavy atom. The van der Waals surface area contributed by atoms with Crippen molar-refractivity contribution >= 4 is 17.8 Å². The van der Waals surface area contributed by atoms with E-state index in [4.69, 9.17) is 10.8 Å². The van der Waals surface area contributed by atoms with Crippen molar-refractivity contribution in [3.63, 3.8) is 0 Å². The molecule has 0 radical (unpaired) electrons. The molecule has 0 unspecified atom stereocenters. The maximum absolute atomic E-state index is 11.5. The Kier molecular flexibility index (Phi) is 4.94. The van der Waals surface area contributed by atoms with Crippen LogP contribution in [-0.4, -0.2) is 28.9 Å². The second-order valence-corrected chi connectivity index (χ2v) is 4.62. The molecule has 0 aliphatic carbocycles. The Morgan fingerprint density at radius 1 is 1.31 bits per heavy atom. The maximum Gasteiger partial charge on any atom is 0.326 e. The van der Waals surface area contributed by atoms with Gasteiger partial charge in [0.2, 0.25) is 11.8 Å². The highest BCUT2D eigenvalue weighted by atomic mass is 16.4. The lowest BCUT2D eigenvalue weighted by Crippen LogP contribution is -2.46. The number of carbonyl (C=O) groups excluding carboxylic acids is 2. The van der Waals surface area contributed by atoms with Crippen LogP contribution >= 0.6 is 0 Å². The highest BCUT2D eigenvalue weighted by molar-refractivity contribution is 5.87. The number of nitrogens with one attached hydrogen (secondary N) is 1. The average Bonchev–Trinajstić information content (AvgIpc) is 2.09. The first kappa shape index (κ1) is 14.4. The van der Waals surface area contributed by atoms with E-state index in [1.807, 2.05) is 0 Å². The van der Waals surface area contributed by atoms with Gasteiger partial charge in [-0.15, -0.1) is 0 Å². The van der Waals surface area contributed by atoms with E-state index in [2.05, 4.69) is 5.32 Å². The molecule has 2 amide bonds. The number of carboxylic acids is 1. The Balaban J connectivity index is 4.41. The molecule has 0 saturated carbocycles. The van der Waals surface area contributed by atoms with Gasteiger partial charge < -0.3 is 16.2 Å². The van der Waals surface area contributed by atoms with Gasteiger partial charge in [-0.1, -0.05) is 20.8 Å². The van der Waals surface area contributed by atoms with Crippen LogP contribution in [0.1, 0.15) is 33.6 Å². The first-order valence-corrected chi connectivity index (χ1v) is 4.96. The minimum Gasteiger partial charge on any atom is -0.480 e. The summed E-state index contributed by atoms with van der Waals surface area (Å²) in [5.74, 6) is -2.13. The van der Waals surface area contributed by atoms with E-state index in [0.29, 0.717) is 0 Å². The molecule has 0 rings (SSSR count). The molecule has 1 atom stereocenters. The van der Waals surface area contributed by atoms with E-state index < -0.39 is 23.3 Å². The summed E-state index contributed by atoms with van der Waals surface area (Å²) in [6.45, 7) is 5.03. The summed E-state index contributed by atoms with van der Waals surface area (Å²) in [5.41, 5.74) is 4.25. The summed E-state index contributed by atoms with van der Waals surface area (Å²) < 4.78 is 0. The molecule has 0 heterocycles. The lowest BCUT2D eigenvalue weighted by molar-refractivity contribution is -0.143. The van der Waals surface area contributed by atoms with E-state index in [1.54, 1.807) is 20.8 Å². The molecule has 16 heavy (non-hydrogen) atoms. The van der Waals surface area contributed by atoms with Gasteiger partial charge in [0, 0.05) is 11.8 Å². The van der Waals surface area contributed by atoms with Crippen LogP contribution in [-0.2, 0) is 14.4 Å². The molecule has 0 aromatic heterocycles. The molecule has 0 spiro atoms. The number of primary amides is 1. The number of aliphatic carboxylic acids is 1. The van der Waals surface area contributed by atoms with Gasteiger partial charge in [0.15, 0.2) is 0 Å². The Labute approximate surface area is 94.2 Å². The van der Waals surface area contributed by atoms with Crippen molar-refractivity contribution in [2.45, 2.75) is 39.7 Å². The molecule has 0 fully saturated rings. The molecule has 0 aromatic carbocycles. The zero-order valence-electron chi connectivity index (χ0n) is 9.74. The lowest BCUT2D eigenvalue weighted by atomic mass is 9.95. The highest BCUT2D eigenvalue weighted by Gasteiger charge is 2.27. The zero-order valence-corrected chi connectivity index (χ0v) is 9.74. The summed E-state index contributed by atoms with van der Waals surface area (Å²) in [6.07, 6.45) is -0.0616. The second-order valence-electron chi connectivity index (χ2n) is 4.62. The van der Waals surface area contributed by atoms with Crippen LogP contribution in [0.3, 0.4) is 0 Å². The summed E-state index contributed by atoms with van der Waals surface area (Å²) in [4.78, 5) is 32.9. The van der Waals surface area contributed by atoms with E-state index in [9.17, 15) is 14.4 Å². The van der Waals surface area contributed by atoms with Crippen LogP contribution in [0.2, 0.25) is 0 Å². The van der Waals surface area contributed by atoms with Gasteiger partial charge in [0.1, 0.15) is 6.04 Å². The van der Waals surface area contributed by atoms with Crippen LogP contribution in [0.5, 0.6) is 0 Å². The van der Waals surface area contributed by atoms with Crippen molar-refractivity contribution < 1.29 is 19.5 Å². The second kappa shape index (κ2) is 5.48. The minimum absolute atomic E-state index is 0.00644. The van der Waals surface area contributed by atoms with Gasteiger partial charge in [-0.2, -0.15) is 0 Å². The number of rotatable bonds is 5. The van der Waals surface area contributed by atoms with Gasteiger partial charge in [-0.25, -0.2) is 4.79 Å². The van der Waals surface area contributed by atoms with Crippen LogP contribution in [0.25, 0.3) is 0 Å². The van der Waals surface area contributed by atoms with Crippen molar-refractivity contribution in [2.24, 2.45) is 11.1 Å². The number of amides is 2. The summed E-state index contributed by atoms with van der Waals surface area (Å²) in [6, 6.07) is -1.07. The number of nitrogens with two attached hydrogens (primary N) is 1. The van der Waals surface area contributed by atoms with E-state index >= 15 is 0 Å². The SMILES string of the molecule is CC(C)(C)C(=O)N[C@@H](CCC(N)=O)C(=O)O. The molecule has 0 aliphatic rings. The molecule has 0 aromatic rings. The smallest absolute Gasteiger partial charge is 0.326 e. The molecule has 6 nitrogen and oxygen atoms in total. The lowest BCUT2D eigenvalue weighted by Gasteiger charge is -2.21. The quantitative estimate of drug-likeness (QED) is 0.611. The molecule has 0 aliphatic heterocycles. The zero-order chi connectivity index (χ0) is 12.9. The van der Waals surface area contributed by atoms with Crippen molar-refractivity contribution in [3.05, 3.63) is 0 Å². The molecular formula is C10H18N2O4. The van der Waals surface area contributed by atoms with Crippen molar-refractivity contribution in [1.29, 1.82) is 0 Å². The van der Waals surface area contributed by atoms with E-state index in [1.165, 1.54) is 0 Å². The molecule has 0 saturated heterocycles. The summed E-state index contributed by atoms with van der Waals surface area (Å²) >= 11 is 0. The van der Waals surface area contributed by atoms with E-state index in [0.717, 1.165) is 0 Å². The van der Waals surface area contributed by atoms with Gasteiger partial charge in [0.05, 0.1) is 0 Å². The largest absolute Gasteiger partial charge is 0.480 e. The third kappa shape index (κ3) is 5.33. The number of hydrogen-bond donors (Lipinski definition) is 3. The summed E-state index contributed by atoms with van der Waals surface area (Å²) in [7, 11) is 0. The third-order valence-electron chi connectivity index (χ3n) is 1.96. The monoisotopic (exact) mass is 230 g/mol.